The molecule has 0 aromatic rings. The minimum absolute atomic E-state index is 0.0143. The SMILES string of the molecule is CCCCCCCC/C=C\CCCCCCCC(=O)OC[C@H](COP(=O)(O)OC[C@H](N)C(=O)O)OC(=O)CCCCCC[C@H]1C(=O)C[C@@H](O)[C@@H]1/C=C/[C@@H](O)CCCCC. The van der Waals surface area contributed by atoms with E-state index in [2.05, 4.69) is 30.5 Å². The monoisotopic (exact) mass is 860 g/mol. The predicted octanol–water partition coefficient (Wildman–Crippen LogP) is 8.43. The van der Waals surface area contributed by atoms with Crippen LogP contribution in [-0.4, -0.2) is 88.1 Å². The molecular formula is C44H78NO13P. The summed E-state index contributed by atoms with van der Waals surface area (Å²) >= 11 is 0. The Balaban J connectivity index is 2.48. The van der Waals surface area contributed by atoms with E-state index in [1.807, 2.05) is 0 Å². The van der Waals surface area contributed by atoms with Crippen molar-refractivity contribution >= 4 is 31.5 Å². The summed E-state index contributed by atoms with van der Waals surface area (Å²) in [5, 5.41) is 29.6. The van der Waals surface area contributed by atoms with Crippen molar-refractivity contribution in [1.29, 1.82) is 0 Å². The largest absolute Gasteiger partial charge is 0.480 e. The minimum atomic E-state index is -4.78. The number of carboxylic acid groups (broad SMARTS) is 1. The standard InChI is InChI=1S/C44H78NO13P/c1-3-5-7-8-9-10-11-12-13-14-15-16-17-18-23-27-42(49)55-32-36(33-56-59(53,54)57-34-39(45)44(51)52)58-43(50)28-24-20-19-22-26-37-38(41(48)31-40(37)47)30-29-35(46)25-21-6-4-2/h12-13,29-30,35-39,41,46,48H,3-11,14-28,31-34,45H2,1-2H3,(H,51,52)(H,53,54)/b13-12-,30-29+/t35-,36+,37+,38+,39-,41+/m0/s1. The normalized spacial score (nSPS) is 19.6. The van der Waals surface area contributed by atoms with Crippen molar-refractivity contribution in [3.8, 4) is 0 Å². The fourth-order valence-corrected chi connectivity index (χ4v) is 7.73. The van der Waals surface area contributed by atoms with E-state index in [0.29, 0.717) is 38.5 Å². The van der Waals surface area contributed by atoms with E-state index in [4.69, 9.17) is 24.8 Å². The molecule has 342 valence electrons. The number of allylic oxidation sites excluding steroid dienone is 2. The van der Waals surface area contributed by atoms with Gasteiger partial charge < -0.3 is 35.4 Å². The molecule has 0 aliphatic heterocycles. The lowest BCUT2D eigenvalue weighted by molar-refractivity contribution is -0.161. The van der Waals surface area contributed by atoms with Crippen molar-refractivity contribution in [3.63, 3.8) is 0 Å². The van der Waals surface area contributed by atoms with Crippen LogP contribution >= 0.6 is 7.82 Å². The number of Topliss-reactive ketones (excluding diaryl/α,β-unsaturated/α-hetero) is 1. The van der Waals surface area contributed by atoms with Gasteiger partial charge in [0.15, 0.2) is 6.10 Å². The number of ether oxygens (including phenoxy) is 2. The van der Waals surface area contributed by atoms with Crippen LogP contribution in [0.5, 0.6) is 0 Å². The predicted molar refractivity (Wildman–Crippen MR) is 227 cm³/mol. The van der Waals surface area contributed by atoms with E-state index in [0.717, 1.165) is 64.2 Å². The van der Waals surface area contributed by atoms with Crippen LogP contribution in [-0.2, 0) is 42.3 Å². The van der Waals surface area contributed by atoms with Crippen LogP contribution < -0.4 is 5.73 Å². The number of carbonyl (C=O) groups excluding carboxylic acids is 3. The van der Waals surface area contributed by atoms with Crippen molar-refractivity contribution in [1.82, 2.24) is 0 Å². The number of aliphatic hydroxyl groups excluding tert-OH is 2. The highest BCUT2D eigenvalue weighted by molar-refractivity contribution is 7.47. The molecule has 1 saturated carbocycles. The number of ketones is 1. The number of carbonyl (C=O) groups is 4. The fourth-order valence-electron chi connectivity index (χ4n) is 6.96. The molecular weight excluding hydrogens is 781 g/mol. The van der Waals surface area contributed by atoms with Gasteiger partial charge in [-0.1, -0.05) is 128 Å². The van der Waals surface area contributed by atoms with E-state index >= 15 is 0 Å². The molecule has 1 aliphatic rings. The highest BCUT2D eigenvalue weighted by Gasteiger charge is 2.39. The van der Waals surface area contributed by atoms with Gasteiger partial charge in [-0.15, -0.1) is 0 Å². The summed E-state index contributed by atoms with van der Waals surface area (Å²) < 4.78 is 32.7. The highest BCUT2D eigenvalue weighted by atomic mass is 31.2. The maximum Gasteiger partial charge on any atom is 0.472 e. The third-order valence-corrected chi connectivity index (χ3v) is 11.5. The molecule has 0 radical (unpaired) electrons. The number of phosphoric acid groups is 1. The van der Waals surface area contributed by atoms with Crippen molar-refractivity contribution in [2.75, 3.05) is 19.8 Å². The Labute approximate surface area is 353 Å². The zero-order valence-electron chi connectivity index (χ0n) is 36.1. The third kappa shape index (κ3) is 28.7. The molecule has 6 N–H and O–H groups in total. The van der Waals surface area contributed by atoms with Crippen molar-refractivity contribution in [3.05, 3.63) is 24.3 Å². The molecule has 0 aromatic carbocycles. The summed E-state index contributed by atoms with van der Waals surface area (Å²) in [7, 11) is -4.78. The van der Waals surface area contributed by atoms with E-state index in [1.54, 1.807) is 12.2 Å². The lowest BCUT2D eigenvalue weighted by atomic mass is 9.88. The highest BCUT2D eigenvalue weighted by Crippen LogP contribution is 2.43. The van der Waals surface area contributed by atoms with Crippen molar-refractivity contribution in [2.24, 2.45) is 17.6 Å². The number of esters is 2. The Bertz CT molecular complexity index is 1260. The lowest BCUT2D eigenvalue weighted by Gasteiger charge is -2.20. The molecule has 1 aliphatic carbocycles. The number of hydrogen-bond acceptors (Lipinski definition) is 12. The zero-order valence-corrected chi connectivity index (χ0v) is 37.0. The van der Waals surface area contributed by atoms with Gasteiger partial charge in [-0.25, -0.2) is 4.57 Å². The zero-order chi connectivity index (χ0) is 43.7. The number of aliphatic carboxylic acids is 1. The second-order valence-corrected chi connectivity index (χ2v) is 17.4. The first-order valence-electron chi connectivity index (χ1n) is 22.5. The molecule has 1 rings (SSSR count). The molecule has 0 saturated heterocycles. The topological polar surface area (TPSA) is 229 Å². The van der Waals surface area contributed by atoms with Crippen LogP contribution in [0.15, 0.2) is 24.3 Å². The average Bonchev–Trinajstić information content (AvgIpc) is 3.47. The second kappa shape index (κ2) is 34.2. The van der Waals surface area contributed by atoms with E-state index < -0.39 is 69.9 Å². The molecule has 7 atom stereocenters. The number of unbranched alkanes of at least 4 members (excludes halogenated alkanes) is 16. The summed E-state index contributed by atoms with van der Waals surface area (Å²) in [5.41, 5.74) is 5.33. The van der Waals surface area contributed by atoms with Gasteiger partial charge in [-0.05, 0) is 51.4 Å². The number of phosphoric ester groups is 1. The second-order valence-electron chi connectivity index (χ2n) is 16.0. The maximum absolute atomic E-state index is 12.7. The van der Waals surface area contributed by atoms with Gasteiger partial charge in [0.2, 0.25) is 0 Å². The molecule has 1 unspecified atom stereocenters. The number of hydrogen-bond donors (Lipinski definition) is 5. The molecule has 0 bridgehead atoms. The van der Waals surface area contributed by atoms with E-state index in [1.165, 1.54) is 38.5 Å². The Hall–Kier alpha value is -2.45. The van der Waals surface area contributed by atoms with Crippen molar-refractivity contribution < 1.29 is 62.5 Å². The van der Waals surface area contributed by atoms with Crippen LogP contribution in [0.2, 0.25) is 0 Å². The van der Waals surface area contributed by atoms with Gasteiger partial charge >= 0.3 is 25.7 Å². The molecule has 0 spiro atoms. The molecule has 0 heterocycles. The first-order chi connectivity index (χ1) is 28.3. The number of rotatable bonds is 38. The van der Waals surface area contributed by atoms with Crippen LogP contribution in [0.1, 0.15) is 174 Å². The Morgan fingerprint density at radius 1 is 0.780 bits per heavy atom. The minimum Gasteiger partial charge on any atom is -0.480 e. The smallest absolute Gasteiger partial charge is 0.472 e. The van der Waals surface area contributed by atoms with Gasteiger partial charge in [0.25, 0.3) is 0 Å². The Morgan fingerprint density at radius 2 is 1.32 bits per heavy atom. The van der Waals surface area contributed by atoms with Crippen LogP contribution in [0.25, 0.3) is 0 Å². The molecule has 14 nitrogen and oxygen atoms in total. The summed E-state index contributed by atoms with van der Waals surface area (Å²) in [6.45, 7) is 2.45. The Morgan fingerprint density at radius 3 is 1.95 bits per heavy atom. The molecule has 59 heavy (non-hydrogen) atoms. The maximum atomic E-state index is 12.7. The fraction of sp³-hybridized carbons (Fsp3) is 0.818. The van der Waals surface area contributed by atoms with E-state index in [9.17, 15) is 38.8 Å². The van der Waals surface area contributed by atoms with Gasteiger partial charge in [0.1, 0.15) is 18.4 Å². The van der Waals surface area contributed by atoms with Crippen LogP contribution in [0.3, 0.4) is 0 Å². The summed E-state index contributed by atoms with van der Waals surface area (Å²) in [6.07, 6.45) is 27.1. The first-order valence-corrected chi connectivity index (χ1v) is 24.0. The lowest BCUT2D eigenvalue weighted by Crippen LogP contribution is -2.34. The van der Waals surface area contributed by atoms with Crippen molar-refractivity contribution in [2.45, 2.75) is 199 Å². The van der Waals surface area contributed by atoms with Gasteiger partial charge in [0, 0.05) is 31.1 Å². The van der Waals surface area contributed by atoms with Gasteiger partial charge in [0.05, 0.1) is 25.4 Å². The van der Waals surface area contributed by atoms with Gasteiger partial charge in [-0.3, -0.25) is 28.2 Å². The summed E-state index contributed by atoms with van der Waals surface area (Å²) in [4.78, 5) is 58.8. The van der Waals surface area contributed by atoms with E-state index in [-0.39, 0.29) is 36.9 Å². The molecule has 15 heteroatoms. The molecule has 0 aromatic heterocycles. The third-order valence-electron chi connectivity index (χ3n) is 10.6. The van der Waals surface area contributed by atoms with Gasteiger partial charge in [-0.2, -0.15) is 0 Å². The Kier molecular flexibility index (Phi) is 31.6. The molecule has 0 amide bonds. The van der Waals surface area contributed by atoms with Crippen LogP contribution in [0, 0.1) is 11.8 Å². The average molecular weight is 860 g/mol. The van der Waals surface area contributed by atoms with Crippen LogP contribution in [0.4, 0.5) is 0 Å². The summed E-state index contributed by atoms with van der Waals surface area (Å²) in [6, 6.07) is -1.56. The first kappa shape index (κ1) is 54.6. The number of nitrogens with two attached hydrogens (primary N) is 1. The number of aliphatic hydroxyl groups is 2. The quantitative estimate of drug-likeness (QED) is 0.0170. The summed E-state index contributed by atoms with van der Waals surface area (Å²) in [5.74, 6) is -3.21. The number of carboxylic acids is 1. The molecule has 1 fully saturated rings.